The number of hydrogen-bond acceptors (Lipinski definition) is 4. The van der Waals surface area contributed by atoms with Gasteiger partial charge in [0.1, 0.15) is 5.69 Å². The first-order chi connectivity index (χ1) is 11.1. The van der Waals surface area contributed by atoms with Crippen molar-refractivity contribution < 1.29 is 14.3 Å². The fourth-order valence-electron chi connectivity index (χ4n) is 3.66. The number of carbonyl (C=O) groups excluding carboxylic acids is 1. The van der Waals surface area contributed by atoms with Crippen molar-refractivity contribution in [2.75, 3.05) is 26.4 Å². The summed E-state index contributed by atoms with van der Waals surface area (Å²) in [5.41, 5.74) is 1.11. The zero-order chi connectivity index (χ0) is 16.4. The summed E-state index contributed by atoms with van der Waals surface area (Å²) in [6.07, 6.45) is 2.90. The Morgan fingerprint density at radius 1 is 1.26 bits per heavy atom. The molecule has 1 aromatic rings. The third kappa shape index (κ3) is 3.54. The Bertz CT molecular complexity index is 569. The van der Waals surface area contributed by atoms with Crippen LogP contribution in [0.4, 0.5) is 0 Å². The van der Waals surface area contributed by atoms with Gasteiger partial charge in [-0.05, 0) is 32.1 Å². The summed E-state index contributed by atoms with van der Waals surface area (Å²) in [5.74, 6) is 0.727. The molecule has 2 saturated heterocycles. The van der Waals surface area contributed by atoms with Crippen LogP contribution in [0.3, 0.4) is 0 Å². The zero-order valence-electron chi connectivity index (χ0n) is 13.7. The third-order valence-electron chi connectivity index (χ3n) is 4.95. The number of hydrogen-bond donors (Lipinski definition) is 1. The third-order valence-corrected chi connectivity index (χ3v) is 5.41. The van der Waals surface area contributed by atoms with Crippen LogP contribution in [0.15, 0.2) is 0 Å². The van der Waals surface area contributed by atoms with Crippen molar-refractivity contribution in [2.45, 2.75) is 32.2 Å². The second-order valence-corrected chi connectivity index (χ2v) is 6.81. The van der Waals surface area contributed by atoms with E-state index in [4.69, 9.17) is 21.1 Å². The van der Waals surface area contributed by atoms with E-state index in [1.807, 2.05) is 0 Å². The molecule has 0 saturated carbocycles. The van der Waals surface area contributed by atoms with Crippen molar-refractivity contribution in [3.05, 3.63) is 16.4 Å². The van der Waals surface area contributed by atoms with Gasteiger partial charge in [-0.2, -0.15) is 5.10 Å². The minimum atomic E-state index is -0.151. The van der Waals surface area contributed by atoms with Gasteiger partial charge in [-0.25, -0.2) is 0 Å². The van der Waals surface area contributed by atoms with Gasteiger partial charge in [-0.1, -0.05) is 11.6 Å². The van der Waals surface area contributed by atoms with E-state index < -0.39 is 0 Å². The molecule has 0 unspecified atom stereocenters. The largest absolute Gasteiger partial charge is 0.381 e. The number of aryl methyl sites for hydroxylation is 2. The first-order valence-corrected chi connectivity index (χ1v) is 8.61. The molecule has 1 N–H and O–H groups in total. The molecule has 2 fully saturated rings. The van der Waals surface area contributed by atoms with Crippen molar-refractivity contribution in [1.82, 2.24) is 15.1 Å². The van der Waals surface area contributed by atoms with Crippen LogP contribution in [-0.4, -0.2) is 48.2 Å². The van der Waals surface area contributed by atoms with Crippen LogP contribution in [0, 0.1) is 18.8 Å². The number of halogens is 1. The highest BCUT2D eigenvalue weighted by Crippen LogP contribution is 2.31. The Labute approximate surface area is 141 Å². The van der Waals surface area contributed by atoms with Crippen molar-refractivity contribution in [1.29, 1.82) is 0 Å². The normalized spacial score (nSPS) is 26.2. The van der Waals surface area contributed by atoms with Crippen molar-refractivity contribution >= 4 is 17.5 Å². The van der Waals surface area contributed by atoms with E-state index in [1.165, 1.54) is 0 Å². The lowest BCUT2D eigenvalue weighted by atomic mass is 9.79. The number of ether oxygens (including phenoxy) is 2. The summed E-state index contributed by atoms with van der Waals surface area (Å²) in [6.45, 7) is 4.79. The van der Waals surface area contributed by atoms with Gasteiger partial charge in [0.2, 0.25) is 0 Å². The summed E-state index contributed by atoms with van der Waals surface area (Å²) in [7, 11) is 1.74. The molecule has 23 heavy (non-hydrogen) atoms. The van der Waals surface area contributed by atoms with E-state index >= 15 is 0 Å². The molecule has 0 spiro atoms. The second-order valence-electron chi connectivity index (χ2n) is 6.43. The fourth-order valence-corrected chi connectivity index (χ4v) is 3.91. The average molecular weight is 342 g/mol. The van der Waals surface area contributed by atoms with Crippen molar-refractivity contribution in [2.24, 2.45) is 18.9 Å². The van der Waals surface area contributed by atoms with E-state index in [0.29, 0.717) is 41.5 Å². The topological polar surface area (TPSA) is 65.4 Å². The minimum Gasteiger partial charge on any atom is -0.381 e. The van der Waals surface area contributed by atoms with Gasteiger partial charge in [0, 0.05) is 38.8 Å². The summed E-state index contributed by atoms with van der Waals surface area (Å²) >= 11 is 6.23. The van der Waals surface area contributed by atoms with Gasteiger partial charge >= 0.3 is 0 Å². The van der Waals surface area contributed by atoms with Crippen molar-refractivity contribution in [3.63, 3.8) is 0 Å². The lowest BCUT2D eigenvalue weighted by Crippen LogP contribution is -2.49. The Morgan fingerprint density at radius 3 is 2.61 bits per heavy atom. The molecule has 3 rings (SSSR count). The smallest absolute Gasteiger partial charge is 0.271 e. The Balaban J connectivity index is 1.72. The molecule has 128 valence electrons. The Kier molecular flexibility index (Phi) is 5.24. The van der Waals surface area contributed by atoms with Crippen LogP contribution in [0.25, 0.3) is 0 Å². The lowest BCUT2D eigenvalue weighted by Gasteiger charge is -2.39. The number of nitrogens with one attached hydrogen (secondary N) is 1. The Morgan fingerprint density at radius 2 is 1.96 bits per heavy atom. The molecule has 1 aromatic heterocycles. The van der Waals surface area contributed by atoms with Crippen LogP contribution in [0.5, 0.6) is 0 Å². The predicted octanol–water partition coefficient (Wildman–Crippen LogP) is 1.94. The molecule has 6 nitrogen and oxygen atoms in total. The van der Waals surface area contributed by atoms with Gasteiger partial charge in [0.15, 0.2) is 0 Å². The average Bonchev–Trinajstić information content (AvgIpc) is 2.81. The van der Waals surface area contributed by atoms with E-state index in [9.17, 15) is 4.79 Å². The molecule has 0 aromatic carbocycles. The lowest BCUT2D eigenvalue weighted by molar-refractivity contribution is -0.0259. The molecule has 2 aliphatic heterocycles. The highest BCUT2D eigenvalue weighted by atomic mass is 35.5. The molecule has 7 heteroatoms. The monoisotopic (exact) mass is 341 g/mol. The van der Waals surface area contributed by atoms with Crippen LogP contribution >= 0.6 is 11.6 Å². The predicted molar refractivity (Wildman–Crippen MR) is 86.7 cm³/mol. The van der Waals surface area contributed by atoms with E-state index in [-0.39, 0.29) is 11.9 Å². The Hall–Kier alpha value is -1.11. The molecule has 0 radical (unpaired) electrons. The highest BCUT2D eigenvalue weighted by Gasteiger charge is 2.35. The molecule has 2 atom stereocenters. The van der Waals surface area contributed by atoms with Gasteiger partial charge < -0.3 is 14.8 Å². The number of rotatable bonds is 3. The van der Waals surface area contributed by atoms with Gasteiger partial charge in [-0.15, -0.1) is 0 Å². The number of aromatic nitrogens is 2. The first kappa shape index (κ1) is 16.7. The molecule has 2 aliphatic rings. The fraction of sp³-hybridized carbons (Fsp3) is 0.750. The van der Waals surface area contributed by atoms with Crippen LogP contribution in [0.1, 0.15) is 35.4 Å². The van der Waals surface area contributed by atoms with Crippen LogP contribution < -0.4 is 5.32 Å². The SMILES string of the molecule is Cc1nn(C)c(C(=O)N[C@@H]2CCOC[C@@H]2C2CCOCC2)c1Cl. The van der Waals surface area contributed by atoms with E-state index in [0.717, 1.165) is 32.5 Å². The minimum absolute atomic E-state index is 0.116. The van der Waals surface area contributed by atoms with E-state index in [1.54, 1.807) is 18.7 Å². The summed E-state index contributed by atoms with van der Waals surface area (Å²) in [6, 6.07) is 0.116. The first-order valence-electron chi connectivity index (χ1n) is 8.23. The number of carbonyl (C=O) groups is 1. The maximum Gasteiger partial charge on any atom is 0.271 e. The number of nitrogens with zero attached hydrogens (tertiary/aromatic N) is 2. The molecule has 0 bridgehead atoms. The summed E-state index contributed by atoms with van der Waals surface area (Å²) in [4.78, 5) is 12.7. The van der Waals surface area contributed by atoms with Crippen LogP contribution in [-0.2, 0) is 16.5 Å². The maximum atomic E-state index is 12.7. The quantitative estimate of drug-likeness (QED) is 0.912. The number of amides is 1. The zero-order valence-corrected chi connectivity index (χ0v) is 14.4. The van der Waals surface area contributed by atoms with E-state index in [2.05, 4.69) is 10.4 Å². The highest BCUT2D eigenvalue weighted by molar-refractivity contribution is 6.34. The molecule has 1 amide bonds. The molecule has 0 aliphatic carbocycles. The van der Waals surface area contributed by atoms with Gasteiger partial charge in [0.05, 0.1) is 17.3 Å². The van der Waals surface area contributed by atoms with Crippen molar-refractivity contribution in [3.8, 4) is 0 Å². The maximum absolute atomic E-state index is 12.7. The standard InChI is InChI=1S/C16H24ClN3O3/c1-10-14(17)15(20(2)19-10)16(21)18-13-5-8-23-9-12(13)11-3-6-22-7-4-11/h11-13H,3-9H2,1-2H3,(H,18,21)/t12-,13-/m1/s1. The van der Waals surface area contributed by atoms with Gasteiger partial charge in [-0.3, -0.25) is 9.48 Å². The van der Waals surface area contributed by atoms with Crippen LogP contribution in [0.2, 0.25) is 5.02 Å². The molecule has 3 heterocycles. The molecular formula is C16H24ClN3O3. The molecular weight excluding hydrogens is 318 g/mol. The summed E-state index contributed by atoms with van der Waals surface area (Å²) < 4.78 is 12.7. The van der Waals surface area contributed by atoms with Gasteiger partial charge in [0.25, 0.3) is 5.91 Å². The summed E-state index contributed by atoms with van der Waals surface area (Å²) in [5, 5.41) is 7.82. The second kappa shape index (κ2) is 7.20.